The number of aromatic nitrogens is 3. The molecule has 2 aromatic rings. The summed E-state index contributed by atoms with van der Waals surface area (Å²) in [5, 5.41) is 0. The quantitative estimate of drug-likeness (QED) is 0.616. The third kappa shape index (κ3) is 3.85. The molecule has 0 spiro atoms. The Labute approximate surface area is 118 Å². The van der Waals surface area contributed by atoms with Gasteiger partial charge in [-0.1, -0.05) is 0 Å². The summed E-state index contributed by atoms with van der Waals surface area (Å²) in [6, 6.07) is 3.92. The average molecular weight is 271 g/mol. The first-order valence-electron chi connectivity index (χ1n) is 6.53. The van der Waals surface area contributed by atoms with E-state index in [1.165, 1.54) is 11.8 Å². The Morgan fingerprint density at radius 2 is 2.00 bits per heavy atom. The standard InChI is InChI=1S/C15H17N3O2/c1-11-14(10-17-12(2)18-11)15(19)20-9-3-4-13-5-7-16-8-6-13/h5-8,10H,3-4,9H2,1-2H3. The normalized spacial score (nSPS) is 10.3. The van der Waals surface area contributed by atoms with Crippen molar-refractivity contribution in [3.8, 4) is 0 Å². The van der Waals surface area contributed by atoms with Crippen molar-refractivity contribution in [3.63, 3.8) is 0 Å². The van der Waals surface area contributed by atoms with Crippen molar-refractivity contribution in [2.75, 3.05) is 6.61 Å². The minimum Gasteiger partial charge on any atom is -0.462 e. The second-order valence-corrected chi connectivity index (χ2v) is 4.51. The lowest BCUT2D eigenvalue weighted by molar-refractivity contribution is 0.0498. The fourth-order valence-corrected chi connectivity index (χ4v) is 1.85. The highest BCUT2D eigenvalue weighted by Crippen LogP contribution is 2.07. The van der Waals surface area contributed by atoms with Crippen LogP contribution in [0, 0.1) is 13.8 Å². The second kappa shape index (κ2) is 6.75. The van der Waals surface area contributed by atoms with Gasteiger partial charge in [-0.3, -0.25) is 4.98 Å². The van der Waals surface area contributed by atoms with Crippen molar-refractivity contribution in [1.82, 2.24) is 15.0 Å². The molecular weight excluding hydrogens is 254 g/mol. The van der Waals surface area contributed by atoms with Crippen LogP contribution in [-0.2, 0) is 11.2 Å². The smallest absolute Gasteiger partial charge is 0.341 e. The van der Waals surface area contributed by atoms with E-state index in [1.54, 1.807) is 26.2 Å². The van der Waals surface area contributed by atoms with E-state index in [1.807, 2.05) is 12.1 Å². The van der Waals surface area contributed by atoms with Gasteiger partial charge >= 0.3 is 5.97 Å². The van der Waals surface area contributed by atoms with Crippen LogP contribution in [0.2, 0.25) is 0 Å². The number of rotatable bonds is 5. The third-order valence-corrected chi connectivity index (χ3v) is 2.91. The number of nitrogens with zero attached hydrogens (tertiary/aromatic N) is 3. The number of esters is 1. The van der Waals surface area contributed by atoms with Crippen molar-refractivity contribution in [3.05, 3.63) is 53.4 Å². The topological polar surface area (TPSA) is 65.0 Å². The lowest BCUT2D eigenvalue weighted by Crippen LogP contribution is -2.11. The molecule has 0 aliphatic carbocycles. The van der Waals surface area contributed by atoms with Crippen LogP contribution in [0.4, 0.5) is 0 Å². The number of hydrogen-bond acceptors (Lipinski definition) is 5. The molecule has 0 radical (unpaired) electrons. The summed E-state index contributed by atoms with van der Waals surface area (Å²) in [5.74, 6) is 0.286. The summed E-state index contributed by atoms with van der Waals surface area (Å²) in [6.45, 7) is 3.95. The summed E-state index contributed by atoms with van der Waals surface area (Å²) in [4.78, 5) is 24.0. The van der Waals surface area contributed by atoms with Crippen molar-refractivity contribution in [2.24, 2.45) is 0 Å². The summed E-state index contributed by atoms with van der Waals surface area (Å²) in [6.07, 6.45) is 6.67. The Kier molecular flexibility index (Phi) is 4.76. The zero-order valence-corrected chi connectivity index (χ0v) is 11.7. The zero-order chi connectivity index (χ0) is 14.4. The SMILES string of the molecule is Cc1ncc(C(=O)OCCCc2ccncc2)c(C)n1. The van der Waals surface area contributed by atoms with E-state index in [4.69, 9.17) is 4.74 Å². The molecule has 5 heteroatoms. The summed E-state index contributed by atoms with van der Waals surface area (Å²) in [5.41, 5.74) is 2.27. The van der Waals surface area contributed by atoms with Gasteiger partial charge in [-0.25, -0.2) is 14.8 Å². The van der Waals surface area contributed by atoms with E-state index >= 15 is 0 Å². The predicted octanol–water partition coefficient (Wildman–Crippen LogP) is 2.28. The van der Waals surface area contributed by atoms with Gasteiger partial charge in [0.2, 0.25) is 0 Å². The molecule has 2 rings (SSSR count). The maximum atomic E-state index is 11.9. The van der Waals surface area contributed by atoms with Gasteiger partial charge in [0, 0.05) is 18.6 Å². The molecule has 104 valence electrons. The van der Waals surface area contributed by atoms with E-state index in [2.05, 4.69) is 15.0 Å². The van der Waals surface area contributed by atoms with Crippen molar-refractivity contribution in [2.45, 2.75) is 26.7 Å². The maximum Gasteiger partial charge on any atom is 0.341 e. The van der Waals surface area contributed by atoms with Crippen LogP contribution in [-0.4, -0.2) is 27.5 Å². The molecular formula is C15H17N3O2. The molecule has 0 saturated heterocycles. The first-order chi connectivity index (χ1) is 9.66. The number of carbonyl (C=O) groups is 1. The molecule has 5 nitrogen and oxygen atoms in total. The van der Waals surface area contributed by atoms with Crippen LogP contribution < -0.4 is 0 Å². The van der Waals surface area contributed by atoms with Gasteiger partial charge < -0.3 is 4.74 Å². The van der Waals surface area contributed by atoms with Gasteiger partial charge in [-0.15, -0.1) is 0 Å². The molecule has 2 heterocycles. The average Bonchev–Trinajstić information content (AvgIpc) is 2.44. The highest BCUT2D eigenvalue weighted by Gasteiger charge is 2.12. The Balaban J connectivity index is 1.80. The Hall–Kier alpha value is -2.30. The van der Waals surface area contributed by atoms with Crippen LogP contribution in [0.1, 0.15) is 33.9 Å². The van der Waals surface area contributed by atoms with Crippen LogP contribution in [0.25, 0.3) is 0 Å². The van der Waals surface area contributed by atoms with E-state index < -0.39 is 0 Å². The largest absolute Gasteiger partial charge is 0.462 e. The zero-order valence-electron chi connectivity index (χ0n) is 11.7. The molecule has 0 unspecified atom stereocenters. The van der Waals surface area contributed by atoms with Crippen LogP contribution >= 0.6 is 0 Å². The highest BCUT2D eigenvalue weighted by molar-refractivity contribution is 5.90. The third-order valence-electron chi connectivity index (χ3n) is 2.91. The first-order valence-corrected chi connectivity index (χ1v) is 6.53. The fourth-order valence-electron chi connectivity index (χ4n) is 1.85. The molecule has 0 saturated carbocycles. The minimum absolute atomic E-state index is 0.364. The molecule has 0 aromatic carbocycles. The Bertz CT molecular complexity index is 585. The van der Waals surface area contributed by atoms with E-state index in [0.717, 1.165) is 12.8 Å². The van der Waals surface area contributed by atoms with Crippen LogP contribution in [0.3, 0.4) is 0 Å². The van der Waals surface area contributed by atoms with Crippen molar-refractivity contribution in [1.29, 1.82) is 0 Å². The number of ether oxygens (including phenoxy) is 1. The van der Waals surface area contributed by atoms with E-state index in [0.29, 0.717) is 23.7 Å². The minimum atomic E-state index is -0.364. The molecule has 0 aliphatic heterocycles. The molecule has 0 aliphatic rings. The summed E-state index contributed by atoms with van der Waals surface area (Å²) < 4.78 is 5.24. The molecule has 0 N–H and O–H groups in total. The number of hydrogen-bond donors (Lipinski definition) is 0. The van der Waals surface area contributed by atoms with Gasteiger partial charge in [0.15, 0.2) is 0 Å². The summed E-state index contributed by atoms with van der Waals surface area (Å²) >= 11 is 0. The molecule has 0 fully saturated rings. The van der Waals surface area contributed by atoms with Crippen molar-refractivity contribution < 1.29 is 9.53 Å². The monoisotopic (exact) mass is 271 g/mol. The van der Waals surface area contributed by atoms with Gasteiger partial charge in [0.25, 0.3) is 0 Å². The van der Waals surface area contributed by atoms with E-state index in [-0.39, 0.29) is 5.97 Å². The van der Waals surface area contributed by atoms with Gasteiger partial charge in [0.1, 0.15) is 5.82 Å². The van der Waals surface area contributed by atoms with Crippen LogP contribution in [0.5, 0.6) is 0 Å². The Morgan fingerprint density at radius 1 is 1.25 bits per heavy atom. The van der Waals surface area contributed by atoms with Gasteiger partial charge in [0.05, 0.1) is 17.9 Å². The predicted molar refractivity (Wildman–Crippen MR) is 74.3 cm³/mol. The van der Waals surface area contributed by atoms with Gasteiger partial charge in [-0.05, 0) is 44.4 Å². The number of pyridine rings is 1. The molecule has 20 heavy (non-hydrogen) atoms. The highest BCUT2D eigenvalue weighted by atomic mass is 16.5. The fraction of sp³-hybridized carbons (Fsp3) is 0.333. The Morgan fingerprint density at radius 3 is 2.70 bits per heavy atom. The summed E-state index contributed by atoms with van der Waals surface area (Å²) in [7, 11) is 0. The first kappa shape index (κ1) is 14.1. The number of carbonyl (C=O) groups excluding carboxylic acids is 1. The van der Waals surface area contributed by atoms with Crippen molar-refractivity contribution >= 4 is 5.97 Å². The van der Waals surface area contributed by atoms with Gasteiger partial charge in [-0.2, -0.15) is 0 Å². The lowest BCUT2D eigenvalue weighted by atomic mass is 10.1. The number of aryl methyl sites for hydroxylation is 3. The van der Waals surface area contributed by atoms with E-state index in [9.17, 15) is 4.79 Å². The molecule has 0 bridgehead atoms. The maximum absolute atomic E-state index is 11.9. The lowest BCUT2D eigenvalue weighted by Gasteiger charge is -2.06. The molecule has 0 amide bonds. The molecule has 2 aromatic heterocycles. The van der Waals surface area contributed by atoms with Crippen LogP contribution in [0.15, 0.2) is 30.7 Å². The second-order valence-electron chi connectivity index (χ2n) is 4.51. The molecule has 0 atom stereocenters.